The highest BCUT2D eigenvalue weighted by Gasteiger charge is 2.16. The van der Waals surface area contributed by atoms with E-state index in [1.54, 1.807) is 0 Å². The van der Waals surface area contributed by atoms with E-state index >= 15 is 0 Å². The fourth-order valence-electron chi connectivity index (χ4n) is 1.83. The number of carbonyl (C=O) groups is 1. The zero-order chi connectivity index (χ0) is 13.2. The lowest BCUT2D eigenvalue weighted by Crippen LogP contribution is -2.13. The highest BCUT2D eigenvalue weighted by molar-refractivity contribution is 5.66. The smallest absolute Gasteiger partial charge is 0.302 e. The van der Waals surface area contributed by atoms with Crippen molar-refractivity contribution in [2.45, 2.75) is 53.6 Å². The van der Waals surface area contributed by atoms with Gasteiger partial charge < -0.3 is 4.74 Å². The van der Waals surface area contributed by atoms with Gasteiger partial charge in [0.05, 0.1) is 0 Å². The Labute approximate surface area is 104 Å². The van der Waals surface area contributed by atoms with Crippen LogP contribution in [0.1, 0.15) is 49.9 Å². The maximum absolute atomic E-state index is 10.8. The second-order valence-electron chi connectivity index (χ2n) is 5.62. The predicted molar refractivity (Wildman–Crippen MR) is 70.1 cm³/mol. The first-order valence-electron chi connectivity index (χ1n) is 5.96. The molecule has 0 heterocycles. The minimum absolute atomic E-state index is 0.148. The first-order valence-corrected chi connectivity index (χ1v) is 5.96. The van der Waals surface area contributed by atoms with E-state index in [1.165, 1.54) is 23.6 Å². The molecule has 0 aliphatic carbocycles. The number of benzene rings is 1. The highest BCUT2D eigenvalue weighted by Crippen LogP contribution is 2.27. The van der Waals surface area contributed by atoms with Crippen LogP contribution in [-0.4, -0.2) is 5.97 Å². The van der Waals surface area contributed by atoms with Crippen LogP contribution in [-0.2, 0) is 21.6 Å². The summed E-state index contributed by atoms with van der Waals surface area (Å²) in [6.45, 7) is 12.6. The van der Waals surface area contributed by atoms with Crippen LogP contribution >= 0.6 is 0 Å². The molecular formula is C15H22O2. The fourth-order valence-corrected chi connectivity index (χ4v) is 1.83. The Balaban J connectivity index is 3.07. The van der Waals surface area contributed by atoms with E-state index in [4.69, 9.17) is 4.74 Å². The van der Waals surface area contributed by atoms with Crippen molar-refractivity contribution in [3.8, 4) is 0 Å². The molecule has 0 bridgehead atoms. The van der Waals surface area contributed by atoms with Gasteiger partial charge in [-0.25, -0.2) is 0 Å². The molecule has 0 amide bonds. The van der Waals surface area contributed by atoms with Crippen LogP contribution in [0, 0.1) is 13.8 Å². The summed E-state index contributed by atoms with van der Waals surface area (Å²) in [5.74, 6) is -0.233. The van der Waals surface area contributed by atoms with Crippen LogP contribution in [0.4, 0.5) is 0 Å². The second-order valence-corrected chi connectivity index (χ2v) is 5.62. The second kappa shape index (κ2) is 4.91. The topological polar surface area (TPSA) is 26.3 Å². The summed E-state index contributed by atoms with van der Waals surface area (Å²) >= 11 is 0. The zero-order valence-electron chi connectivity index (χ0n) is 11.7. The van der Waals surface area contributed by atoms with Crippen LogP contribution in [0.15, 0.2) is 12.1 Å². The fraction of sp³-hybridized carbons (Fsp3) is 0.533. The summed E-state index contributed by atoms with van der Waals surface area (Å²) < 4.78 is 5.08. The molecule has 0 aromatic heterocycles. The number of ether oxygens (including phenoxy) is 1. The molecule has 0 atom stereocenters. The molecular weight excluding hydrogens is 212 g/mol. The van der Waals surface area contributed by atoms with Crippen LogP contribution in [0.25, 0.3) is 0 Å². The van der Waals surface area contributed by atoms with Crippen LogP contribution < -0.4 is 0 Å². The molecule has 0 saturated heterocycles. The van der Waals surface area contributed by atoms with Gasteiger partial charge in [0.15, 0.2) is 0 Å². The SMILES string of the molecule is CC(=O)OCc1c(C)cc(C(C)(C)C)cc1C. The molecule has 2 heteroatoms. The molecule has 1 rings (SSSR count). The minimum Gasteiger partial charge on any atom is -0.461 e. The van der Waals surface area contributed by atoms with Crippen molar-refractivity contribution in [1.82, 2.24) is 0 Å². The van der Waals surface area contributed by atoms with Gasteiger partial charge in [0.25, 0.3) is 0 Å². The zero-order valence-corrected chi connectivity index (χ0v) is 11.7. The molecule has 0 aliphatic heterocycles. The van der Waals surface area contributed by atoms with Gasteiger partial charge in [-0.05, 0) is 41.5 Å². The number of aryl methyl sites for hydroxylation is 2. The lowest BCUT2D eigenvalue weighted by Gasteiger charge is -2.22. The van der Waals surface area contributed by atoms with E-state index in [2.05, 4.69) is 46.8 Å². The number of carbonyl (C=O) groups excluding carboxylic acids is 1. The third-order valence-electron chi connectivity index (χ3n) is 2.98. The largest absolute Gasteiger partial charge is 0.461 e. The lowest BCUT2D eigenvalue weighted by molar-refractivity contribution is -0.142. The van der Waals surface area contributed by atoms with Gasteiger partial charge >= 0.3 is 5.97 Å². The summed E-state index contributed by atoms with van der Waals surface area (Å²) in [4.78, 5) is 10.8. The predicted octanol–water partition coefficient (Wildman–Crippen LogP) is 3.66. The van der Waals surface area contributed by atoms with Crippen molar-refractivity contribution in [3.63, 3.8) is 0 Å². The molecule has 17 heavy (non-hydrogen) atoms. The average molecular weight is 234 g/mol. The Hall–Kier alpha value is -1.31. The van der Waals surface area contributed by atoms with E-state index < -0.39 is 0 Å². The average Bonchev–Trinajstić information content (AvgIpc) is 2.14. The minimum atomic E-state index is -0.233. The Morgan fingerprint density at radius 3 is 2.00 bits per heavy atom. The Morgan fingerprint density at radius 1 is 1.18 bits per heavy atom. The Bertz CT molecular complexity index is 402. The van der Waals surface area contributed by atoms with E-state index in [1.807, 2.05) is 0 Å². The van der Waals surface area contributed by atoms with Crippen molar-refractivity contribution in [3.05, 3.63) is 34.4 Å². The lowest BCUT2D eigenvalue weighted by atomic mass is 9.84. The summed E-state index contributed by atoms with van der Waals surface area (Å²) in [6, 6.07) is 4.37. The molecule has 0 saturated carbocycles. The molecule has 0 spiro atoms. The van der Waals surface area contributed by atoms with E-state index in [-0.39, 0.29) is 11.4 Å². The molecule has 0 N–H and O–H groups in total. The third kappa shape index (κ3) is 3.58. The summed E-state index contributed by atoms with van der Waals surface area (Å²) in [6.07, 6.45) is 0. The van der Waals surface area contributed by atoms with E-state index in [9.17, 15) is 4.79 Å². The third-order valence-corrected chi connectivity index (χ3v) is 2.98. The highest BCUT2D eigenvalue weighted by atomic mass is 16.5. The van der Waals surface area contributed by atoms with E-state index in [0.29, 0.717) is 6.61 Å². The molecule has 0 unspecified atom stereocenters. The first-order chi connectivity index (χ1) is 7.71. The summed E-state index contributed by atoms with van der Waals surface area (Å²) in [5.41, 5.74) is 4.97. The Morgan fingerprint density at radius 2 is 1.65 bits per heavy atom. The molecule has 1 aromatic rings. The Kier molecular flexibility index (Phi) is 3.97. The molecule has 1 aromatic carbocycles. The van der Waals surface area contributed by atoms with Crippen molar-refractivity contribution in [1.29, 1.82) is 0 Å². The van der Waals surface area contributed by atoms with Gasteiger partial charge in [0, 0.05) is 6.92 Å². The van der Waals surface area contributed by atoms with Crippen molar-refractivity contribution < 1.29 is 9.53 Å². The summed E-state index contributed by atoms with van der Waals surface area (Å²) in [5, 5.41) is 0. The number of hydrogen-bond donors (Lipinski definition) is 0. The van der Waals surface area contributed by atoms with Crippen LogP contribution in [0.3, 0.4) is 0 Å². The quantitative estimate of drug-likeness (QED) is 0.730. The van der Waals surface area contributed by atoms with Gasteiger partial charge in [-0.2, -0.15) is 0 Å². The number of esters is 1. The van der Waals surface area contributed by atoms with Gasteiger partial charge in [-0.15, -0.1) is 0 Å². The van der Waals surface area contributed by atoms with Gasteiger partial charge in [-0.3, -0.25) is 4.79 Å². The number of hydrogen-bond acceptors (Lipinski definition) is 2. The maximum atomic E-state index is 10.8. The summed E-state index contributed by atoms with van der Waals surface area (Å²) in [7, 11) is 0. The van der Waals surface area contributed by atoms with Crippen molar-refractivity contribution in [2.75, 3.05) is 0 Å². The van der Waals surface area contributed by atoms with Crippen LogP contribution in [0.5, 0.6) is 0 Å². The molecule has 94 valence electrons. The molecule has 0 aliphatic rings. The van der Waals surface area contributed by atoms with Gasteiger partial charge in [-0.1, -0.05) is 32.9 Å². The maximum Gasteiger partial charge on any atom is 0.302 e. The van der Waals surface area contributed by atoms with Crippen LogP contribution in [0.2, 0.25) is 0 Å². The van der Waals surface area contributed by atoms with Crippen molar-refractivity contribution in [2.24, 2.45) is 0 Å². The molecule has 0 fully saturated rings. The molecule has 0 radical (unpaired) electrons. The number of rotatable bonds is 2. The first kappa shape index (κ1) is 13.8. The van der Waals surface area contributed by atoms with Crippen molar-refractivity contribution >= 4 is 5.97 Å². The normalized spacial score (nSPS) is 11.4. The standard InChI is InChI=1S/C15H22O2/c1-10-7-13(15(4,5)6)8-11(2)14(10)9-17-12(3)16/h7-8H,9H2,1-6H3. The van der Waals surface area contributed by atoms with Gasteiger partial charge in [0.2, 0.25) is 0 Å². The van der Waals surface area contributed by atoms with E-state index in [0.717, 1.165) is 5.56 Å². The molecule has 2 nitrogen and oxygen atoms in total. The van der Waals surface area contributed by atoms with Gasteiger partial charge in [0.1, 0.15) is 6.61 Å². The monoisotopic (exact) mass is 234 g/mol.